The van der Waals surface area contributed by atoms with Crippen molar-refractivity contribution in [2.45, 2.75) is 19.4 Å². The minimum absolute atomic E-state index is 0.224. The molecule has 0 fully saturated rings. The molecule has 0 aliphatic rings. The van der Waals surface area contributed by atoms with E-state index in [1.165, 1.54) is 35.7 Å². The number of hydrogen-bond acceptors (Lipinski definition) is 5. The number of amides is 2. The fourth-order valence-electron chi connectivity index (χ4n) is 2.73. The fraction of sp³-hybridized carbons (Fsp3) is 0.174. The van der Waals surface area contributed by atoms with Gasteiger partial charge in [-0.15, -0.1) is 11.3 Å². The summed E-state index contributed by atoms with van der Waals surface area (Å²) >= 11 is 1.18. The van der Waals surface area contributed by atoms with E-state index >= 15 is 0 Å². The molecule has 0 spiro atoms. The van der Waals surface area contributed by atoms with Crippen LogP contribution in [0.15, 0.2) is 54.7 Å². The molecule has 2 N–H and O–H groups in total. The normalized spacial score (nSPS) is 11.9. The summed E-state index contributed by atoms with van der Waals surface area (Å²) in [6.07, 6.45) is 4.71. The van der Waals surface area contributed by atoms with E-state index in [1.54, 1.807) is 44.4 Å². The van der Waals surface area contributed by atoms with Crippen molar-refractivity contribution in [3.05, 3.63) is 82.4 Å². The van der Waals surface area contributed by atoms with Crippen LogP contribution in [0.5, 0.6) is 5.75 Å². The molecule has 0 bridgehead atoms. The van der Waals surface area contributed by atoms with Crippen molar-refractivity contribution in [1.82, 2.24) is 10.3 Å². The van der Waals surface area contributed by atoms with Gasteiger partial charge >= 0.3 is 0 Å². The van der Waals surface area contributed by atoms with Crippen LogP contribution < -0.4 is 15.4 Å². The van der Waals surface area contributed by atoms with E-state index in [0.717, 1.165) is 11.6 Å². The first kappa shape index (κ1) is 23.1. The lowest BCUT2D eigenvalue weighted by molar-refractivity contribution is -0.123. The van der Waals surface area contributed by atoms with Gasteiger partial charge < -0.3 is 15.4 Å². The van der Waals surface area contributed by atoms with E-state index in [4.69, 9.17) is 4.74 Å². The Labute approximate surface area is 188 Å². The molecule has 2 amide bonds. The largest absolute Gasteiger partial charge is 0.497 e. The number of anilines is 1. The molecule has 166 valence electrons. The Morgan fingerprint density at radius 1 is 1.19 bits per heavy atom. The summed E-state index contributed by atoms with van der Waals surface area (Å²) in [5.41, 5.74) is 1.14. The number of carbonyl (C=O) groups is 2. The Bertz CT molecular complexity index is 1130. The number of methoxy groups -OCH3 is 1. The molecule has 1 unspecified atom stereocenters. The lowest BCUT2D eigenvalue weighted by Crippen LogP contribution is -2.40. The van der Waals surface area contributed by atoms with Gasteiger partial charge in [0.05, 0.1) is 7.11 Å². The van der Waals surface area contributed by atoms with Gasteiger partial charge in [0.25, 0.3) is 0 Å². The Hall–Kier alpha value is -3.59. The second-order valence-corrected chi connectivity index (χ2v) is 7.99. The van der Waals surface area contributed by atoms with Crippen molar-refractivity contribution in [3.63, 3.8) is 0 Å². The summed E-state index contributed by atoms with van der Waals surface area (Å²) in [7, 11) is 1.57. The molecule has 1 atom stereocenters. The smallest absolute Gasteiger partial charge is 0.248 e. The number of nitrogens with one attached hydrogen (secondary N) is 2. The molecule has 9 heteroatoms. The minimum Gasteiger partial charge on any atom is -0.497 e. The number of hydrogen-bond donors (Lipinski definition) is 2. The van der Waals surface area contributed by atoms with Crippen LogP contribution in [0, 0.1) is 11.6 Å². The summed E-state index contributed by atoms with van der Waals surface area (Å²) in [6, 6.07) is 9.75. The van der Waals surface area contributed by atoms with Crippen LogP contribution >= 0.6 is 11.3 Å². The molecule has 1 heterocycles. The predicted molar refractivity (Wildman–Crippen MR) is 120 cm³/mol. The summed E-state index contributed by atoms with van der Waals surface area (Å²) in [4.78, 5) is 29.2. The van der Waals surface area contributed by atoms with Crippen molar-refractivity contribution < 1.29 is 23.1 Å². The van der Waals surface area contributed by atoms with Crippen LogP contribution in [0.25, 0.3) is 6.08 Å². The van der Waals surface area contributed by atoms with E-state index in [9.17, 15) is 18.4 Å². The third-order valence-electron chi connectivity index (χ3n) is 4.46. The summed E-state index contributed by atoms with van der Waals surface area (Å²) in [5.74, 6) is -1.42. The average Bonchev–Trinajstić information content (AvgIpc) is 3.21. The van der Waals surface area contributed by atoms with Crippen LogP contribution in [-0.2, 0) is 16.0 Å². The van der Waals surface area contributed by atoms with Gasteiger partial charge in [-0.1, -0.05) is 18.2 Å². The van der Waals surface area contributed by atoms with Crippen LogP contribution in [0.4, 0.5) is 13.9 Å². The number of nitrogens with zero attached hydrogens (tertiary/aromatic N) is 1. The first-order valence-electron chi connectivity index (χ1n) is 9.66. The average molecular weight is 458 g/mol. The highest BCUT2D eigenvalue weighted by molar-refractivity contribution is 7.15. The van der Waals surface area contributed by atoms with Crippen molar-refractivity contribution in [1.29, 1.82) is 0 Å². The summed E-state index contributed by atoms with van der Waals surface area (Å²) < 4.78 is 31.9. The number of carbonyl (C=O) groups excluding carboxylic acids is 2. The van der Waals surface area contributed by atoms with Crippen molar-refractivity contribution in [2.75, 3.05) is 12.4 Å². The van der Waals surface area contributed by atoms with Gasteiger partial charge in [0.2, 0.25) is 11.8 Å². The van der Waals surface area contributed by atoms with Gasteiger partial charge in [0.15, 0.2) is 5.13 Å². The van der Waals surface area contributed by atoms with Crippen LogP contribution in [0.1, 0.15) is 22.9 Å². The number of benzene rings is 2. The second kappa shape index (κ2) is 10.6. The maximum Gasteiger partial charge on any atom is 0.248 e. The standard InChI is InChI=1S/C23H21F2N3O3S/c1-14(27-21(29)10-5-15-3-8-18(31-2)9-4-15)22(30)28-23-26-13-19(32-23)11-16-6-7-17(24)12-20(16)25/h3-10,12-14H,11H2,1-2H3,(H,27,29)(H,26,28,30). The SMILES string of the molecule is COc1ccc(C=CC(=O)NC(C)C(=O)Nc2ncc(Cc3ccc(F)cc3F)s2)cc1. The van der Waals surface area contributed by atoms with E-state index in [1.807, 2.05) is 0 Å². The maximum absolute atomic E-state index is 13.8. The third kappa shape index (κ3) is 6.45. The third-order valence-corrected chi connectivity index (χ3v) is 5.37. The highest BCUT2D eigenvalue weighted by atomic mass is 32.1. The number of thiazole rings is 1. The monoisotopic (exact) mass is 457 g/mol. The molecule has 0 saturated carbocycles. The minimum atomic E-state index is -0.801. The van der Waals surface area contributed by atoms with E-state index in [2.05, 4.69) is 15.6 Å². The quantitative estimate of drug-likeness (QED) is 0.498. The molecule has 3 aromatic rings. The molecule has 6 nitrogen and oxygen atoms in total. The predicted octanol–water partition coefficient (Wildman–Crippen LogP) is 4.18. The number of rotatable bonds is 8. The van der Waals surface area contributed by atoms with E-state index in [-0.39, 0.29) is 6.42 Å². The van der Waals surface area contributed by atoms with Gasteiger partial charge in [-0.05, 0) is 42.3 Å². The van der Waals surface area contributed by atoms with Crippen molar-refractivity contribution in [3.8, 4) is 5.75 Å². The maximum atomic E-state index is 13.8. The Balaban J connectivity index is 1.51. The molecule has 0 radical (unpaired) electrons. The molecule has 32 heavy (non-hydrogen) atoms. The van der Waals surface area contributed by atoms with Crippen LogP contribution in [-0.4, -0.2) is 29.9 Å². The lowest BCUT2D eigenvalue weighted by atomic mass is 10.1. The number of ether oxygens (including phenoxy) is 1. The zero-order valence-electron chi connectivity index (χ0n) is 17.4. The zero-order chi connectivity index (χ0) is 23.1. The summed E-state index contributed by atoms with van der Waals surface area (Å²) in [5, 5.41) is 5.53. The van der Waals surface area contributed by atoms with Gasteiger partial charge in [0.1, 0.15) is 23.4 Å². The number of halogens is 2. The first-order chi connectivity index (χ1) is 15.3. The zero-order valence-corrected chi connectivity index (χ0v) is 18.2. The molecule has 2 aromatic carbocycles. The molecular formula is C23H21F2N3O3S. The number of aromatic nitrogens is 1. The van der Waals surface area contributed by atoms with Gasteiger partial charge in [-0.3, -0.25) is 9.59 Å². The fourth-order valence-corrected chi connectivity index (χ4v) is 3.57. The topological polar surface area (TPSA) is 80.3 Å². The van der Waals surface area contributed by atoms with Crippen LogP contribution in [0.3, 0.4) is 0 Å². The summed E-state index contributed by atoms with van der Waals surface area (Å²) in [6.45, 7) is 1.55. The molecule has 0 saturated heterocycles. The Kier molecular flexibility index (Phi) is 7.67. The van der Waals surface area contributed by atoms with Crippen molar-refractivity contribution >= 4 is 34.4 Å². The van der Waals surface area contributed by atoms with Gasteiger partial charge in [-0.25, -0.2) is 13.8 Å². The van der Waals surface area contributed by atoms with E-state index < -0.39 is 29.5 Å². The van der Waals surface area contributed by atoms with Crippen LogP contribution in [0.2, 0.25) is 0 Å². The molecule has 1 aromatic heterocycles. The van der Waals surface area contributed by atoms with Crippen molar-refractivity contribution in [2.24, 2.45) is 0 Å². The Morgan fingerprint density at radius 3 is 2.62 bits per heavy atom. The van der Waals surface area contributed by atoms with E-state index in [0.29, 0.717) is 21.3 Å². The highest BCUT2D eigenvalue weighted by Gasteiger charge is 2.16. The molecule has 0 aliphatic heterocycles. The van der Waals surface area contributed by atoms with Gasteiger partial charge in [-0.2, -0.15) is 0 Å². The molecule has 0 aliphatic carbocycles. The highest BCUT2D eigenvalue weighted by Crippen LogP contribution is 2.23. The Morgan fingerprint density at radius 2 is 1.94 bits per heavy atom. The molecular weight excluding hydrogens is 436 g/mol. The lowest BCUT2D eigenvalue weighted by Gasteiger charge is -2.11. The molecule has 3 rings (SSSR count). The first-order valence-corrected chi connectivity index (χ1v) is 10.5. The second-order valence-electron chi connectivity index (χ2n) is 6.87. The van der Waals surface area contributed by atoms with Gasteiger partial charge in [0, 0.05) is 29.6 Å².